The van der Waals surface area contributed by atoms with Crippen LogP contribution in [0.3, 0.4) is 0 Å². The first-order valence-electron chi connectivity index (χ1n) is 13.0. The van der Waals surface area contributed by atoms with Crippen LogP contribution in [0.5, 0.6) is 5.75 Å². The number of hydrogen-bond acceptors (Lipinski definition) is 9. The van der Waals surface area contributed by atoms with Gasteiger partial charge in [-0.2, -0.15) is 0 Å². The van der Waals surface area contributed by atoms with E-state index < -0.39 is 6.10 Å². The monoisotopic (exact) mass is 504 g/mol. The van der Waals surface area contributed by atoms with Gasteiger partial charge in [0.05, 0.1) is 12.6 Å². The fraction of sp³-hybridized carbons (Fsp3) is 0.464. The maximum absolute atomic E-state index is 10.0. The lowest BCUT2D eigenvalue weighted by Gasteiger charge is -2.23. The van der Waals surface area contributed by atoms with E-state index in [4.69, 9.17) is 19.4 Å². The molecule has 1 unspecified atom stereocenters. The summed E-state index contributed by atoms with van der Waals surface area (Å²) in [5, 5.41) is 16.6. The van der Waals surface area contributed by atoms with Crippen molar-refractivity contribution in [3.63, 3.8) is 0 Å². The Morgan fingerprint density at radius 1 is 1.22 bits per heavy atom. The van der Waals surface area contributed by atoms with E-state index in [2.05, 4.69) is 33.5 Å². The molecule has 4 heterocycles. The second kappa shape index (κ2) is 11.9. The van der Waals surface area contributed by atoms with Crippen molar-refractivity contribution in [2.24, 2.45) is 0 Å². The Balaban J connectivity index is 1.43. The van der Waals surface area contributed by atoms with Gasteiger partial charge in [0.2, 0.25) is 0 Å². The fourth-order valence-electron chi connectivity index (χ4n) is 4.98. The van der Waals surface area contributed by atoms with E-state index in [-0.39, 0.29) is 12.6 Å². The number of nitrogens with zero attached hydrogens (tertiary/aromatic N) is 4. The third-order valence-corrected chi connectivity index (χ3v) is 7.01. The van der Waals surface area contributed by atoms with Gasteiger partial charge in [-0.15, -0.1) is 0 Å². The van der Waals surface area contributed by atoms with Crippen LogP contribution >= 0.6 is 0 Å². The minimum atomic E-state index is -0.580. The van der Waals surface area contributed by atoms with Gasteiger partial charge in [-0.25, -0.2) is 9.97 Å². The van der Waals surface area contributed by atoms with Crippen LogP contribution in [-0.2, 0) is 4.74 Å². The quantitative estimate of drug-likeness (QED) is 0.384. The molecule has 3 aromatic rings. The zero-order valence-electron chi connectivity index (χ0n) is 21.6. The molecule has 3 N–H and O–H groups in total. The third kappa shape index (κ3) is 6.18. The number of aliphatic hydroxyl groups excluding tert-OH is 1. The molecule has 196 valence electrons. The Hall–Kier alpha value is -3.27. The predicted molar refractivity (Wildman–Crippen MR) is 144 cm³/mol. The lowest BCUT2D eigenvalue weighted by molar-refractivity contribution is 0.108. The summed E-state index contributed by atoms with van der Waals surface area (Å²) in [6, 6.07) is 12.2. The molecule has 0 amide bonds. The van der Waals surface area contributed by atoms with Crippen molar-refractivity contribution in [3.8, 4) is 17.1 Å². The SMILES string of the molecule is CNCC(O)COc1cccc(-c2nc(N[C@@H]3CCOC3)c(C)c(N3CC[C@@H](c4cccnc4)C3)n2)c1. The summed E-state index contributed by atoms with van der Waals surface area (Å²) in [7, 11) is 1.80. The molecule has 3 atom stereocenters. The van der Waals surface area contributed by atoms with Gasteiger partial charge in [0.1, 0.15) is 30.1 Å². The number of anilines is 2. The van der Waals surface area contributed by atoms with Crippen LogP contribution < -0.4 is 20.3 Å². The Morgan fingerprint density at radius 2 is 2.14 bits per heavy atom. The zero-order chi connectivity index (χ0) is 25.6. The predicted octanol–water partition coefficient (Wildman–Crippen LogP) is 3.00. The molecule has 2 aliphatic heterocycles. The van der Waals surface area contributed by atoms with Crippen molar-refractivity contribution in [3.05, 3.63) is 59.9 Å². The molecule has 0 bridgehead atoms. The van der Waals surface area contributed by atoms with Crippen LogP contribution in [0.15, 0.2) is 48.8 Å². The lowest BCUT2D eigenvalue weighted by atomic mass is 10.0. The average Bonchev–Trinajstić information content (AvgIpc) is 3.62. The Morgan fingerprint density at radius 3 is 2.92 bits per heavy atom. The summed E-state index contributed by atoms with van der Waals surface area (Å²) in [6.45, 7) is 6.04. The maximum Gasteiger partial charge on any atom is 0.164 e. The van der Waals surface area contributed by atoms with Gasteiger partial charge in [0.25, 0.3) is 0 Å². The summed E-state index contributed by atoms with van der Waals surface area (Å²) in [6.07, 6.45) is 5.23. The van der Waals surface area contributed by atoms with Gasteiger partial charge in [-0.3, -0.25) is 4.98 Å². The highest BCUT2D eigenvalue weighted by atomic mass is 16.5. The number of benzene rings is 1. The molecule has 9 nitrogen and oxygen atoms in total. The number of rotatable bonds is 10. The number of ether oxygens (including phenoxy) is 2. The second-order valence-electron chi connectivity index (χ2n) is 9.82. The van der Waals surface area contributed by atoms with E-state index in [1.165, 1.54) is 5.56 Å². The molecular formula is C28H36N6O3. The highest BCUT2D eigenvalue weighted by Crippen LogP contribution is 2.35. The molecule has 0 aliphatic carbocycles. The van der Waals surface area contributed by atoms with Crippen molar-refractivity contribution in [2.45, 2.75) is 37.8 Å². The average molecular weight is 505 g/mol. The first kappa shape index (κ1) is 25.4. The summed E-state index contributed by atoms with van der Waals surface area (Å²) in [4.78, 5) is 16.7. The fourth-order valence-corrected chi connectivity index (χ4v) is 4.98. The van der Waals surface area contributed by atoms with Crippen LogP contribution in [0, 0.1) is 6.92 Å². The standard InChI is InChI=1S/C28H36N6O3/c1-19-26(31-23-9-12-36-17-23)32-27(20-5-3-7-25(13-20)37-18-24(35)15-29-2)33-28(19)34-11-8-22(16-34)21-6-4-10-30-14-21/h3-7,10,13-14,22-24,29,35H,8-9,11-12,15-18H2,1-2H3,(H,31,32,33)/t22-,23-,24?/m1/s1. The summed E-state index contributed by atoms with van der Waals surface area (Å²) in [5.74, 6) is 3.54. The topological polar surface area (TPSA) is 105 Å². The van der Waals surface area contributed by atoms with Gasteiger partial charge in [-0.1, -0.05) is 18.2 Å². The number of aliphatic hydroxyl groups is 1. The highest BCUT2D eigenvalue weighted by molar-refractivity contribution is 5.67. The summed E-state index contributed by atoms with van der Waals surface area (Å²) < 4.78 is 11.4. The number of nitrogens with one attached hydrogen (secondary N) is 2. The molecule has 0 spiro atoms. The highest BCUT2D eigenvalue weighted by Gasteiger charge is 2.28. The van der Waals surface area contributed by atoms with E-state index in [0.717, 1.165) is 55.3 Å². The molecule has 2 saturated heterocycles. The van der Waals surface area contributed by atoms with E-state index in [1.807, 2.05) is 42.7 Å². The van der Waals surface area contributed by atoms with Crippen molar-refractivity contribution < 1.29 is 14.6 Å². The van der Waals surface area contributed by atoms with Crippen LogP contribution in [0.4, 0.5) is 11.6 Å². The van der Waals surface area contributed by atoms with Gasteiger partial charge in [-0.05, 0) is 50.6 Å². The van der Waals surface area contributed by atoms with Crippen molar-refractivity contribution in [1.82, 2.24) is 20.3 Å². The van der Waals surface area contributed by atoms with Gasteiger partial charge in [0, 0.05) is 55.7 Å². The summed E-state index contributed by atoms with van der Waals surface area (Å²) in [5.41, 5.74) is 3.18. The first-order chi connectivity index (χ1) is 18.1. The summed E-state index contributed by atoms with van der Waals surface area (Å²) >= 11 is 0. The van der Waals surface area contributed by atoms with Crippen LogP contribution in [-0.4, -0.2) is 78.7 Å². The molecule has 0 saturated carbocycles. The van der Waals surface area contributed by atoms with Crippen LogP contribution in [0.2, 0.25) is 0 Å². The molecule has 5 rings (SSSR count). The van der Waals surface area contributed by atoms with E-state index in [9.17, 15) is 5.11 Å². The zero-order valence-corrected chi connectivity index (χ0v) is 21.6. The molecular weight excluding hydrogens is 468 g/mol. The minimum Gasteiger partial charge on any atom is -0.491 e. The number of pyridine rings is 1. The Kier molecular flexibility index (Phi) is 8.13. The van der Waals surface area contributed by atoms with Crippen LogP contribution in [0.25, 0.3) is 11.4 Å². The van der Waals surface area contributed by atoms with E-state index in [1.54, 1.807) is 7.05 Å². The molecule has 1 aromatic carbocycles. The number of aromatic nitrogens is 3. The first-order valence-corrected chi connectivity index (χ1v) is 13.0. The van der Waals surface area contributed by atoms with Gasteiger partial charge in [0.15, 0.2) is 5.82 Å². The normalized spacial score (nSPS) is 20.2. The maximum atomic E-state index is 10.0. The molecule has 0 radical (unpaired) electrons. The Bertz CT molecular complexity index is 1170. The van der Waals surface area contributed by atoms with Crippen molar-refractivity contribution in [1.29, 1.82) is 0 Å². The largest absolute Gasteiger partial charge is 0.491 e. The van der Waals surface area contributed by atoms with E-state index in [0.29, 0.717) is 30.6 Å². The third-order valence-electron chi connectivity index (χ3n) is 7.01. The molecule has 37 heavy (non-hydrogen) atoms. The van der Waals surface area contributed by atoms with Crippen molar-refractivity contribution in [2.75, 3.05) is 56.7 Å². The van der Waals surface area contributed by atoms with Gasteiger partial charge < -0.3 is 30.1 Å². The van der Waals surface area contributed by atoms with Gasteiger partial charge >= 0.3 is 0 Å². The van der Waals surface area contributed by atoms with Crippen molar-refractivity contribution >= 4 is 11.6 Å². The van der Waals surface area contributed by atoms with Crippen LogP contribution in [0.1, 0.15) is 29.9 Å². The number of likely N-dealkylation sites (N-methyl/N-ethyl adjacent to an activating group) is 1. The molecule has 2 aromatic heterocycles. The molecule has 2 aliphatic rings. The molecule has 2 fully saturated rings. The lowest BCUT2D eigenvalue weighted by Crippen LogP contribution is -2.29. The second-order valence-corrected chi connectivity index (χ2v) is 9.82. The number of hydrogen-bond donors (Lipinski definition) is 3. The minimum absolute atomic E-state index is 0.211. The Labute approximate surface area is 218 Å². The van der Waals surface area contributed by atoms with E-state index >= 15 is 0 Å². The molecule has 9 heteroatoms. The smallest absolute Gasteiger partial charge is 0.164 e.